The Bertz CT molecular complexity index is 313. The summed E-state index contributed by atoms with van der Waals surface area (Å²) in [6.45, 7) is 5.71. The van der Waals surface area contributed by atoms with E-state index >= 15 is 0 Å². The van der Waals surface area contributed by atoms with Crippen LogP contribution < -0.4 is 11.1 Å². The first kappa shape index (κ1) is 11.1. The molecule has 4 nitrogen and oxygen atoms in total. The predicted octanol–water partition coefficient (Wildman–Crippen LogP) is 1.44. The monoisotopic (exact) mass is 213 g/mol. The molecular weight excluding hydrogens is 198 g/mol. The van der Waals surface area contributed by atoms with E-state index in [1.54, 1.807) is 6.92 Å². The largest absolute Gasteiger partial charge is 0.327 e. The van der Waals surface area contributed by atoms with Crippen molar-refractivity contribution in [3.05, 3.63) is 10.6 Å². The first-order chi connectivity index (χ1) is 6.49. The molecule has 78 valence electrons. The van der Waals surface area contributed by atoms with Crippen molar-refractivity contribution in [1.29, 1.82) is 0 Å². The number of aryl methyl sites for hydroxylation is 2. The molecule has 1 rings (SSSR count). The molecule has 1 unspecified atom stereocenters. The van der Waals surface area contributed by atoms with Crippen LogP contribution in [0.2, 0.25) is 0 Å². The summed E-state index contributed by atoms with van der Waals surface area (Å²) in [6, 6.07) is -0.114. The van der Waals surface area contributed by atoms with Crippen LogP contribution in [0.3, 0.4) is 0 Å². The fourth-order valence-electron chi connectivity index (χ4n) is 0.989. The zero-order valence-corrected chi connectivity index (χ0v) is 9.44. The van der Waals surface area contributed by atoms with E-state index < -0.39 is 0 Å². The third-order valence-electron chi connectivity index (χ3n) is 1.78. The molecule has 0 saturated carbocycles. The van der Waals surface area contributed by atoms with Gasteiger partial charge in [0.2, 0.25) is 5.91 Å². The van der Waals surface area contributed by atoms with Crippen molar-refractivity contribution >= 4 is 22.4 Å². The Morgan fingerprint density at radius 2 is 2.29 bits per heavy atom. The topological polar surface area (TPSA) is 68.0 Å². The third kappa shape index (κ3) is 3.08. The lowest BCUT2D eigenvalue weighted by Crippen LogP contribution is -2.23. The molecule has 1 aromatic heterocycles. The Morgan fingerprint density at radius 1 is 1.64 bits per heavy atom. The van der Waals surface area contributed by atoms with Crippen LogP contribution in [0.5, 0.6) is 0 Å². The molecule has 1 atom stereocenters. The summed E-state index contributed by atoms with van der Waals surface area (Å²) >= 11 is 1.49. The summed E-state index contributed by atoms with van der Waals surface area (Å²) in [4.78, 5) is 16.6. The van der Waals surface area contributed by atoms with Gasteiger partial charge in [0, 0.05) is 17.3 Å². The molecular formula is C9H15N3OS. The molecule has 0 radical (unpaired) electrons. The van der Waals surface area contributed by atoms with Gasteiger partial charge in [0.25, 0.3) is 0 Å². The molecule has 0 aliphatic rings. The fraction of sp³-hybridized carbons (Fsp3) is 0.556. The van der Waals surface area contributed by atoms with Gasteiger partial charge in [-0.25, -0.2) is 4.98 Å². The van der Waals surface area contributed by atoms with Crippen molar-refractivity contribution in [3.63, 3.8) is 0 Å². The minimum Gasteiger partial charge on any atom is -0.327 e. The highest BCUT2D eigenvalue weighted by Crippen LogP contribution is 2.21. The maximum Gasteiger partial charge on any atom is 0.227 e. The van der Waals surface area contributed by atoms with Gasteiger partial charge in [-0.15, -0.1) is 11.3 Å². The normalized spacial score (nSPS) is 12.6. The molecule has 1 aromatic rings. The first-order valence-electron chi connectivity index (χ1n) is 4.48. The summed E-state index contributed by atoms with van der Waals surface area (Å²) in [5.74, 6) is -0.0752. The van der Waals surface area contributed by atoms with Crippen molar-refractivity contribution in [3.8, 4) is 0 Å². The Kier molecular flexibility index (Phi) is 3.60. The van der Waals surface area contributed by atoms with E-state index in [0.717, 1.165) is 10.6 Å². The van der Waals surface area contributed by atoms with Gasteiger partial charge >= 0.3 is 0 Å². The van der Waals surface area contributed by atoms with E-state index in [2.05, 4.69) is 10.3 Å². The van der Waals surface area contributed by atoms with Crippen molar-refractivity contribution in [2.75, 3.05) is 5.32 Å². The number of nitrogens with zero attached hydrogens (tertiary/aromatic N) is 1. The average Bonchev–Trinajstić information content (AvgIpc) is 2.28. The van der Waals surface area contributed by atoms with Crippen LogP contribution in [-0.4, -0.2) is 16.9 Å². The smallest absolute Gasteiger partial charge is 0.227 e. The average molecular weight is 213 g/mol. The molecule has 0 spiro atoms. The van der Waals surface area contributed by atoms with Gasteiger partial charge in [-0.1, -0.05) is 0 Å². The molecule has 0 aromatic carbocycles. The van der Waals surface area contributed by atoms with E-state index in [0.29, 0.717) is 11.6 Å². The van der Waals surface area contributed by atoms with E-state index in [1.165, 1.54) is 11.3 Å². The van der Waals surface area contributed by atoms with Crippen LogP contribution in [-0.2, 0) is 4.79 Å². The maximum absolute atomic E-state index is 11.3. The lowest BCUT2D eigenvalue weighted by molar-refractivity contribution is -0.116. The number of carbonyl (C=O) groups excluding carboxylic acids is 1. The summed E-state index contributed by atoms with van der Waals surface area (Å²) in [5, 5.41) is 3.38. The van der Waals surface area contributed by atoms with Crippen molar-refractivity contribution < 1.29 is 4.79 Å². The van der Waals surface area contributed by atoms with Crippen molar-refractivity contribution in [1.82, 2.24) is 4.98 Å². The van der Waals surface area contributed by atoms with Crippen LogP contribution in [0.25, 0.3) is 0 Å². The molecule has 14 heavy (non-hydrogen) atoms. The Labute approximate surface area is 87.5 Å². The molecule has 5 heteroatoms. The number of aromatic nitrogens is 1. The number of anilines is 1. The number of amides is 1. The summed E-state index contributed by atoms with van der Waals surface area (Å²) in [7, 11) is 0. The first-order valence-corrected chi connectivity index (χ1v) is 5.30. The van der Waals surface area contributed by atoms with Gasteiger partial charge in [-0.2, -0.15) is 0 Å². The molecule has 0 aliphatic carbocycles. The van der Waals surface area contributed by atoms with Crippen LogP contribution >= 0.6 is 11.3 Å². The molecule has 0 fully saturated rings. The van der Waals surface area contributed by atoms with Gasteiger partial charge < -0.3 is 11.1 Å². The number of carbonyl (C=O) groups is 1. The van der Waals surface area contributed by atoms with E-state index in [1.807, 2.05) is 13.8 Å². The van der Waals surface area contributed by atoms with E-state index in [4.69, 9.17) is 5.73 Å². The fourth-order valence-corrected chi connectivity index (χ4v) is 1.82. The summed E-state index contributed by atoms with van der Waals surface area (Å²) in [6.07, 6.45) is 0.331. The Balaban J connectivity index is 2.56. The Hall–Kier alpha value is -0.940. The third-order valence-corrected chi connectivity index (χ3v) is 2.77. The minimum atomic E-state index is -0.114. The number of hydrogen-bond donors (Lipinski definition) is 2. The second-order valence-electron chi connectivity index (χ2n) is 3.39. The van der Waals surface area contributed by atoms with Gasteiger partial charge in [0.1, 0.15) is 0 Å². The number of rotatable bonds is 3. The number of nitrogens with two attached hydrogens (primary N) is 1. The number of nitrogens with one attached hydrogen (secondary N) is 1. The number of hydrogen-bond acceptors (Lipinski definition) is 4. The highest BCUT2D eigenvalue weighted by atomic mass is 32.1. The lowest BCUT2D eigenvalue weighted by atomic mass is 10.2. The van der Waals surface area contributed by atoms with E-state index in [-0.39, 0.29) is 11.9 Å². The lowest BCUT2D eigenvalue weighted by Gasteiger charge is -2.03. The van der Waals surface area contributed by atoms with Crippen LogP contribution in [0.1, 0.15) is 23.9 Å². The molecule has 0 aliphatic heterocycles. The summed E-state index contributed by atoms with van der Waals surface area (Å²) in [5.41, 5.74) is 6.47. The second kappa shape index (κ2) is 4.52. The molecule has 3 N–H and O–H groups in total. The Morgan fingerprint density at radius 3 is 2.71 bits per heavy atom. The van der Waals surface area contributed by atoms with Crippen molar-refractivity contribution in [2.45, 2.75) is 33.2 Å². The van der Waals surface area contributed by atoms with Gasteiger partial charge in [-0.3, -0.25) is 4.79 Å². The van der Waals surface area contributed by atoms with Crippen LogP contribution in [0, 0.1) is 13.8 Å². The molecule has 1 heterocycles. The van der Waals surface area contributed by atoms with Crippen LogP contribution in [0.4, 0.5) is 5.13 Å². The van der Waals surface area contributed by atoms with Gasteiger partial charge in [0.05, 0.1) is 5.69 Å². The maximum atomic E-state index is 11.3. The molecule has 0 bridgehead atoms. The molecule has 0 saturated heterocycles. The SMILES string of the molecule is Cc1nc(NC(=O)CC(C)N)sc1C. The highest BCUT2D eigenvalue weighted by Gasteiger charge is 2.09. The quantitative estimate of drug-likeness (QED) is 0.798. The molecule has 1 amide bonds. The number of thiazole rings is 1. The zero-order chi connectivity index (χ0) is 10.7. The zero-order valence-electron chi connectivity index (χ0n) is 8.63. The van der Waals surface area contributed by atoms with Gasteiger partial charge in [0.15, 0.2) is 5.13 Å². The predicted molar refractivity (Wildman–Crippen MR) is 58.5 cm³/mol. The van der Waals surface area contributed by atoms with Crippen molar-refractivity contribution in [2.24, 2.45) is 5.73 Å². The standard InChI is InChI=1S/C9H15N3OS/c1-5(10)4-8(13)12-9-11-6(2)7(3)14-9/h5H,4,10H2,1-3H3,(H,11,12,13). The highest BCUT2D eigenvalue weighted by molar-refractivity contribution is 7.15. The van der Waals surface area contributed by atoms with Crippen LogP contribution in [0.15, 0.2) is 0 Å². The minimum absolute atomic E-state index is 0.0752. The van der Waals surface area contributed by atoms with Gasteiger partial charge in [-0.05, 0) is 20.8 Å². The second-order valence-corrected chi connectivity index (χ2v) is 4.59. The summed E-state index contributed by atoms with van der Waals surface area (Å²) < 4.78 is 0. The van der Waals surface area contributed by atoms with E-state index in [9.17, 15) is 4.79 Å².